The molecule has 23 heavy (non-hydrogen) atoms. The molecule has 0 radical (unpaired) electrons. The lowest BCUT2D eigenvalue weighted by Gasteiger charge is -2.26. The van der Waals surface area contributed by atoms with Gasteiger partial charge in [-0.15, -0.1) is 0 Å². The Labute approximate surface area is 134 Å². The molecule has 0 aliphatic carbocycles. The van der Waals surface area contributed by atoms with E-state index in [1.54, 1.807) is 10.9 Å². The van der Waals surface area contributed by atoms with E-state index < -0.39 is 0 Å². The first kappa shape index (κ1) is 14.1. The second kappa shape index (κ2) is 5.62. The monoisotopic (exact) mass is 309 g/mol. The summed E-state index contributed by atoms with van der Waals surface area (Å²) in [5.74, 6) is 1.54. The van der Waals surface area contributed by atoms with Crippen LogP contribution in [-0.4, -0.2) is 32.9 Å². The minimum atomic E-state index is 0.0435. The van der Waals surface area contributed by atoms with Crippen molar-refractivity contribution in [3.63, 3.8) is 0 Å². The van der Waals surface area contributed by atoms with Crippen molar-refractivity contribution in [2.75, 3.05) is 18.5 Å². The van der Waals surface area contributed by atoms with Crippen molar-refractivity contribution >= 4 is 16.9 Å². The van der Waals surface area contributed by atoms with Crippen LogP contribution in [0.2, 0.25) is 0 Å². The summed E-state index contributed by atoms with van der Waals surface area (Å²) in [5.41, 5.74) is 3.47. The van der Waals surface area contributed by atoms with Crippen LogP contribution in [0.5, 0.6) is 0 Å². The van der Waals surface area contributed by atoms with Gasteiger partial charge in [-0.1, -0.05) is 24.3 Å². The Balaban J connectivity index is 1.61. The molecule has 1 unspecified atom stereocenters. The fourth-order valence-corrected chi connectivity index (χ4v) is 3.10. The van der Waals surface area contributed by atoms with Gasteiger partial charge in [-0.2, -0.15) is 5.10 Å². The van der Waals surface area contributed by atoms with E-state index in [9.17, 15) is 0 Å². The second-order valence-electron chi connectivity index (χ2n) is 5.81. The van der Waals surface area contributed by atoms with Gasteiger partial charge in [-0.05, 0) is 24.5 Å². The summed E-state index contributed by atoms with van der Waals surface area (Å²) in [6, 6.07) is 8.47. The lowest BCUT2D eigenvalue weighted by Crippen LogP contribution is -2.23. The van der Waals surface area contributed by atoms with E-state index in [1.165, 1.54) is 11.1 Å². The third-order valence-corrected chi connectivity index (χ3v) is 4.25. The van der Waals surface area contributed by atoms with Crippen molar-refractivity contribution in [1.29, 1.82) is 0 Å². The first-order chi connectivity index (χ1) is 11.2. The molecule has 4 rings (SSSR count). The van der Waals surface area contributed by atoms with Gasteiger partial charge in [0.15, 0.2) is 5.65 Å². The van der Waals surface area contributed by atoms with Gasteiger partial charge in [0.2, 0.25) is 0 Å². The average Bonchev–Trinajstić information content (AvgIpc) is 2.94. The number of benzene rings is 1. The quantitative estimate of drug-likeness (QED) is 0.805. The van der Waals surface area contributed by atoms with Crippen LogP contribution in [-0.2, 0) is 18.2 Å². The number of nitrogens with zero attached hydrogens (tertiary/aromatic N) is 4. The number of nitrogens with one attached hydrogen (secondary N) is 1. The van der Waals surface area contributed by atoms with Crippen LogP contribution >= 0.6 is 0 Å². The van der Waals surface area contributed by atoms with Gasteiger partial charge in [-0.3, -0.25) is 4.68 Å². The molecule has 118 valence electrons. The topological polar surface area (TPSA) is 64.9 Å². The molecule has 6 heteroatoms. The third-order valence-electron chi connectivity index (χ3n) is 4.25. The number of ether oxygens (including phenoxy) is 1. The molecular formula is C17H19N5O. The molecule has 0 saturated heterocycles. The summed E-state index contributed by atoms with van der Waals surface area (Å²) >= 11 is 0. The van der Waals surface area contributed by atoms with E-state index in [-0.39, 0.29) is 6.10 Å². The Morgan fingerprint density at radius 1 is 1.30 bits per heavy atom. The van der Waals surface area contributed by atoms with Gasteiger partial charge in [-0.25, -0.2) is 9.97 Å². The summed E-state index contributed by atoms with van der Waals surface area (Å²) in [5, 5.41) is 8.63. The Bertz CT molecular complexity index is 857. The molecule has 2 aromatic heterocycles. The zero-order valence-corrected chi connectivity index (χ0v) is 13.3. The van der Waals surface area contributed by atoms with Crippen LogP contribution in [0.3, 0.4) is 0 Å². The van der Waals surface area contributed by atoms with Crippen LogP contribution in [0.25, 0.3) is 11.0 Å². The van der Waals surface area contributed by atoms with E-state index >= 15 is 0 Å². The molecular weight excluding hydrogens is 290 g/mol. The highest BCUT2D eigenvalue weighted by Gasteiger charge is 2.21. The third kappa shape index (κ3) is 2.55. The minimum absolute atomic E-state index is 0.0435. The smallest absolute Gasteiger partial charge is 0.163 e. The Hall–Kier alpha value is -2.47. The number of aromatic nitrogens is 4. The Morgan fingerprint density at radius 2 is 2.17 bits per heavy atom. The van der Waals surface area contributed by atoms with Crippen molar-refractivity contribution in [2.45, 2.75) is 19.4 Å². The van der Waals surface area contributed by atoms with Crippen LogP contribution in [0, 0.1) is 6.92 Å². The zero-order valence-electron chi connectivity index (χ0n) is 13.3. The van der Waals surface area contributed by atoms with Gasteiger partial charge in [0, 0.05) is 13.6 Å². The van der Waals surface area contributed by atoms with Crippen LogP contribution in [0.15, 0.2) is 30.5 Å². The van der Waals surface area contributed by atoms with Gasteiger partial charge >= 0.3 is 0 Å². The van der Waals surface area contributed by atoms with Crippen molar-refractivity contribution in [3.8, 4) is 0 Å². The second-order valence-corrected chi connectivity index (χ2v) is 5.81. The number of aryl methyl sites for hydroxylation is 2. The van der Waals surface area contributed by atoms with Crippen molar-refractivity contribution < 1.29 is 4.74 Å². The summed E-state index contributed by atoms with van der Waals surface area (Å²) in [7, 11) is 1.89. The summed E-state index contributed by atoms with van der Waals surface area (Å²) in [4.78, 5) is 8.97. The normalized spacial score (nSPS) is 17.2. The SMILES string of the molecule is Cc1nc(NCC2OCCc3ccccc32)c2cnn(C)c2n1. The number of hydrogen-bond acceptors (Lipinski definition) is 5. The van der Waals surface area contributed by atoms with Crippen LogP contribution in [0.4, 0.5) is 5.82 Å². The average molecular weight is 309 g/mol. The maximum absolute atomic E-state index is 5.95. The Morgan fingerprint density at radius 3 is 3.09 bits per heavy atom. The van der Waals surface area contributed by atoms with Crippen molar-refractivity contribution in [2.24, 2.45) is 7.05 Å². The van der Waals surface area contributed by atoms with Crippen molar-refractivity contribution in [1.82, 2.24) is 19.7 Å². The molecule has 1 aliphatic heterocycles. The molecule has 0 spiro atoms. The fourth-order valence-electron chi connectivity index (χ4n) is 3.10. The van der Waals surface area contributed by atoms with E-state index in [4.69, 9.17) is 4.74 Å². The minimum Gasteiger partial charge on any atom is -0.371 e. The molecule has 6 nitrogen and oxygen atoms in total. The lowest BCUT2D eigenvalue weighted by atomic mass is 9.97. The maximum Gasteiger partial charge on any atom is 0.163 e. The number of hydrogen-bond donors (Lipinski definition) is 1. The summed E-state index contributed by atoms with van der Waals surface area (Å²) in [6.07, 6.45) is 2.82. The number of rotatable bonds is 3. The number of fused-ring (bicyclic) bond motifs is 2. The highest BCUT2D eigenvalue weighted by atomic mass is 16.5. The van der Waals surface area contributed by atoms with E-state index in [2.05, 4.69) is 44.6 Å². The molecule has 0 bridgehead atoms. The first-order valence-corrected chi connectivity index (χ1v) is 7.82. The summed E-state index contributed by atoms with van der Waals surface area (Å²) < 4.78 is 7.71. The summed E-state index contributed by atoms with van der Waals surface area (Å²) in [6.45, 7) is 3.33. The van der Waals surface area contributed by atoms with E-state index in [1.807, 2.05) is 14.0 Å². The van der Waals surface area contributed by atoms with Gasteiger partial charge in [0.25, 0.3) is 0 Å². The highest BCUT2D eigenvalue weighted by Crippen LogP contribution is 2.28. The molecule has 1 aliphatic rings. The highest BCUT2D eigenvalue weighted by molar-refractivity contribution is 5.86. The maximum atomic E-state index is 5.95. The fraction of sp³-hybridized carbons (Fsp3) is 0.353. The molecule has 0 saturated carbocycles. The largest absolute Gasteiger partial charge is 0.371 e. The number of anilines is 1. The van der Waals surface area contributed by atoms with Gasteiger partial charge < -0.3 is 10.1 Å². The van der Waals surface area contributed by atoms with Gasteiger partial charge in [0.05, 0.1) is 24.3 Å². The lowest BCUT2D eigenvalue weighted by molar-refractivity contribution is 0.0513. The molecule has 3 aromatic rings. The van der Waals surface area contributed by atoms with Crippen molar-refractivity contribution in [3.05, 3.63) is 47.4 Å². The molecule has 3 heterocycles. The van der Waals surface area contributed by atoms with E-state index in [0.717, 1.165) is 35.7 Å². The van der Waals surface area contributed by atoms with Gasteiger partial charge in [0.1, 0.15) is 11.6 Å². The zero-order chi connectivity index (χ0) is 15.8. The Kier molecular flexibility index (Phi) is 3.46. The standard InChI is InChI=1S/C17H19N5O/c1-11-20-16(14-9-19-22(2)17(14)21-11)18-10-15-13-6-4-3-5-12(13)7-8-23-15/h3-6,9,15H,7-8,10H2,1-2H3,(H,18,20,21). The van der Waals surface area contributed by atoms with Crippen LogP contribution in [0.1, 0.15) is 23.1 Å². The predicted molar refractivity (Wildman–Crippen MR) is 88.4 cm³/mol. The predicted octanol–water partition coefficient (Wildman–Crippen LogP) is 2.40. The van der Waals surface area contributed by atoms with Crippen LogP contribution < -0.4 is 5.32 Å². The molecule has 1 atom stereocenters. The molecule has 1 aromatic carbocycles. The molecule has 0 amide bonds. The van der Waals surface area contributed by atoms with E-state index in [0.29, 0.717) is 6.54 Å². The molecule has 1 N–H and O–H groups in total. The molecule has 0 fully saturated rings. The first-order valence-electron chi connectivity index (χ1n) is 7.82.